The number of rotatable bonds is 7. The molecule has 2 heterocycles. The van der Waals surface area contributed by atoms with Gasteiger partial charge in [0.25, 0.3) is 0 Å². The maximum Gasteiger partial charge on any atom is 0.311 e. The molecule has 0 N–H and O–H groups in total. The maximum absolute atomic E-state index is 12.5. The lowest BCUT2D eigenvalue weighted by Gasteiger charge is -2.16. The molecule has 1 aliphatic heterocycles. The van der Waals surface area contributed by atoms with Crippen molar-refractivity contribution >= 4 is 17.6 Å². The molecule has 1 fully saturated rings. The number of amides is 1. The van der Waals surface area contributed by atoms with Gasteiger partial charge in [0, 0.05) is 30.3 Å². The molecule has 0 bridgehead atoms. The van der Waals surface area contributed by atoms with Crippen LogP contribution in [0.5, 0.6) is 11.5 Å². The zero-order valence-corrected chi connectivity index (χ0v) is 17.2. The topological polar surface area (TPSA) is 91.1 Å². The van der Waals surface area contributed by atoms with E-state index in [4.69, 9.17) is 18.7 Å². The number of esters is 1. The summed E-state index contributed by atoms with van der Waals surface area (Å²) in [6.45, 7) is 0.247. The molecule has 2 aromatic carbocycles. The Morgan fingerprint density at radius 3 is 2.61 bits per heavy atom. The molecule has 1 saturated heterocycles. The number of hydrogen-bond donors (Lipinski definition) is 0. The lowest BCUT2D eigenvalue weighted by atomic mass is 10.1. The number of benzene rings is 2. The van der Waals surface area contributed by atoms with Crippen molar-refractivity contribution in [1.82, 2.24) is 5.16 Å². The molecular weight excluding hydrogens is 400 g/mol. The Balaban J connectivity index is 1.35. The second-order valence-corrected chi connectivity index (χ2v) is 7.13. The van der Waals surface area contributed by atoms with Crippen LogP contribution in [0.25, 0.3) is 11.3 Å². The van der Waals surface area contributed by atoms with Crippen molar-refractivity contribution in [2.45, 2.75) is 13.0 Å². The Hall–Kier alpha value is -3.81. The van der Waals surface area contributed by atoms with Gasteiger partial charge < -0.3 is 23.6 Å². The van der Waals surface area contributed by atoms with Gasteiger partial charge in [0.05, 0.1) is 20.1 Å². The Kier molecular flexibility index (Phi) is 5.88. The predicted molar refractivity (Wildman–Crippen MR) is 112 cm³/mol. The van der Waals surface area contributed by atoms with Gasteiger partial charge in [-0.05, 0) is 36.4 Å². The fourth-order valence-electron chi connectivity index (χ4n) is 3.43. The zero-order chi connectivity index (χ0) is 21.8. The van der Waals surface area contributed by atoms with Crippen molar-refractivity contribution in [2.24, 2.45) is 5.92 Å². The van der Waals surface area contributed by atoms with E-state index in [1.54, 1.807) is 49.5 Å². The van der Waals surface area contributed by atoms with Crippen LogP contribution in [0.1, 0.15) is 12.1 Å². The van der Waals surface area contributed by atoms with Crippen LogP contribution in [-0.2, 0) is 20.9 Å². The van der Waals surface area contributed by atoms with Gasteiger partial charge in [-0.15, -0.1) is 0 Å². The first-order chi connectivity index (χ1) is 15.1. The van der Waals surface area contributed by atoms with Crippen LogP contribution in [0.15, 0.2) is 59.1 Å². The van der Waals surface area contributed by atoms with E-state index in [9.17, 15) is 9.59 Å². The first-order valence-electron chi connectivity index (χ1n) is 9.78. The van der Waals surface area contributed by atoms with Gasteiger partial charge in [0.1, 0.15) is 23.8 Å². The van der Waals surface area contributed by atoms with Crippen LogP contribution < -0.4 is 14.4 Å². The monoisotopic (exact) mass is 422 g/mol. The van der Waals surface area contributed by atoms with Crippen LogP contribution in [0.4, 0.5) is 5.69 Å². The van der Waals surface area contributed by atoms with E-state index in [0.717, 1.165) is 11.3 Å². The second kappa shape index (κ2) is 8.91. The van der Waals surface area contributed by atoms with E-state index < -0.39 is 11.9 Å². The standard InChI is InChI=1S/C23H22N2O6/c1-28-19-8-6-18(7-9-19)25-13-16(11-22(25)26)23(27)30-14-17-12-21(31-24-17)15-4-3-5-20(10-15)29-2/h3-10,12,16H,11,13-14H2,1-2H3. The van der Waals surface area contributed by atoms with Crippen molar-refractivity contribution in [1.29, 1.82) is 0 Å². The molecule has 0 saturated carbocycles. The smallest absolute Gasteiger partial charge is 0.311 e. The van der Waals surface area contributed by atoms with Gasteiger partial charge in [-0.1, -0.05) is 17.3 Å². The highest BCUT2D eigenvalue weighted by molar-refractivity contribution is 5.99. The SMILES string of the molecule is COc1ccc(N2CC(C(=O)OCc3cc(-c4cccc(OC)c4)on3)CC2=O)cc1. The van der Waals surface area contributed by atoms with Gasteiger partial charge >= 0.3 is 5.97 Å². The molecule has 3 aromatic rings. The molecule has 1 aliphatic rings. The van der Waals surface area contributed by atoms with Gasteiger partial charge in [0.2, 0.25) is 5.91 Å². The van der Waals surface area contributed by atoms with Gasteiger partial charge in [-0.2, -0.15) is 0 Å². The minimum Gasteiger partial charge on any atom is -0.497 e. The Bertz CT molecular complexity index is 1080. The normalized spacial score (nSPS) is 15.7. The van der Waals surface area contributed by atoms with E-state index in [-0.39, 0.29) is 25.5 Å². The number of carbonyl (C=O) groups excluding carboxylic acids is 2. The highest BCUT2D eigenvalue weighted by Gasteiger charge is 2.36. The molecule has 0 radical (unpaired) electrons. The molecule has 0 aliphatic carbocycles. The van der Waals surface area contributed by atoms with Crippen molar-refractivity contribution in [3.8, 4) is 22.8 Å². The molecule has 31 heavy (non-hydrogen) atoms. The number of aromatic nitrogens is 1. The minimum absolute atomic E-state index is 0.0282. The summed E-state index contributed by atoms with van der Waals surface area (Å²) in [6, 6.07) is 16.2. The number of methoxy groups -OCH3 is 2. The minimum atomic E-state index is -0.528. The lowest BCUT2D eigenvalue weighted by Crippen LogP contribution is -2.26. The maximum atomic E-state index is 12.5. The van der Waals surface area contributed by atoms with Gasteiger partial charge in [-0.25, -0.2) is 0 Å². The summed E-state index contributed by atoms with van der Waals surface area (Å²) >= 11 is 0. The van der Waals surface area contributed by atoms with Crippen LogP contribution in [0, 0.1) is 5.92 Å². The lowest BCUT2D eigenvalue weighted by molar-refractivity contribution is -0.149. The largest absolute Gasteiger partial charge is 0.497 e. The summed E-state index contributed by atoms with van der Waals surface area (Å²) in [5.74, 6) is 0.872. The van der Waals surface area contributed by atoms with Crippen LogP contribution in [0.3, 0.4) is 0 Å². The van der Waals surface area contributed by atoms with E-state index in [1.165, 1.54) is 0 Å². The van der Waals surface area contributed by atoms with Crippen molar-refractivity contribution in [2.75, 3.05) is 25.7 Å². The molecule has 160 valence electrons. The summed E-state index contributed by atoms with van der Waals surface area (Å²) in [7, 11) is 3.17. The third-order valence-corrected chi connectivity index (χ3v) is 5.12. The molecule has 0 spiro atoms. The quantitative estimate of drug-likeness (QED) is 0.539. The highest BCUT2D eigenvalue weighted by Crippen LogP contribution is 2.28. The van der Waals surface area contributed by atoms with Crippen molar-refractivity contribution < 1.29 is 28.3 Å². The van der Waals surface area contributed by atoms with Crippen LogP contribution in [0.2, 0.25) is 0 Å². The van der Waals surface area contributed by atoms with E-state index >= 15 is 0 Å². The van der Waals surface area contributed by atoms with E-state index in [2.05, 4.69) is 5.16 Å². The van der Waals surface area contributed by atoms with Crippen molar-refractivity contribution in [3.05, 3.63) is 60.3 Å². The van der Waals surface area contributed by atoms with Gasteiger partial charge in [0.15, 0.2) is 5.76 Å². The molecule has 8 heteroatoms. The first-order valence-corrected chi connectivity index (χ1v) is 9.78. The molecule has 1 aromatic heterocycles. The summed E-state index contributed by atoms with van der Waals surface area (Å²) in [6.07, 6.45) is 0.110. The summed E-state index contributed by atoms with van der Waals surface area (Å²) < 4.78 is 21.1. The van der Waals surface area contributed by atoms with Gasteiger partial charge in [-0.3, -0.25) is 9.59 Å². The van der Waals surface area contributed by atoms with Crippen LogP contribution in [-0.4, -0.2) is 37.8 Å². The average Bonchev–Trinajstić information content (AvgIpc) is 3.44. The molecule has 8 nitrogen and oxygen atoms in total. The molecule has 1 amide bonds. The number of nitrogens with zero attached hydrogens (tertiary/aromatic N) is 2. The highest BCUT2D eigenvalue weighted by atomic mass is 16.5. The predicted octanol–water partition coefficient (Wildman–Crippen LogP) is 3.46. The summed E-state index contributed by atoms with van der Waals surface area (Å²) in [5.41, 5.74) is 2.02. The third-order valence-electron chi connectivity index (χ3n) is 5.12. The fourth-order valence-corrected chi connectivity index (χ4v) is 3.43. The number of ether oxygens (including phenoxy) is 3. The second-order valence-electron chi connectivity index (χ2n) is 7.13. The number of hydrogen-bond acceptors (Lipinski definition) is 7. The molecular formula is C23H22N2O6. The Labute approximate surface area is 179 Å². The van der Waals surface area contributed by atoms with Crippen LogP contribution >= 0.6 is 0 Å². The fraction of sp³-hybridized carbons (Fsp3) is 0.261. The first kappa shape index (κ1) is 20.5. The Morgan fingerprint density at radius 1 is 1.10 bits per heavy atom. The Morgan fingerprint density at radius 2 is 1.87 bits per heavy atom. The number of anilines is 1. The number of carbonyl (C=O) groups is 2. The molecule has 4 rings (SSSR count). The average molecular weight is 422 g/mol. The van der Waals surface area contributed by atoms with E-state index in [0.29, 0.717) is 23.0 Å². The summed E-state index contributed by atoms with van der Waals surface area (Å²) in [5, 5.41) is 3.96. The summed E-state index contributed by atoms with van der Waals surface area (Å²) in [4.78, 5) is 26.5. The molecule has 1 unspecified atom stereocenters. The van der Waals surface area contributed by atoms with E-state index in [1.807, 2.05) is 24.3 Å². The van der Waals surface area contributed by atoms with Crippen molar-refractivity contribution in [3.63, 3.8) is 0 Å². The molecule has 1 atom stereocenters. The zero-order valence-electron chi connectivity index (χ0n) is 17.2. The third kappa shape index (κ3) is 4.53.